The Morgan fingerprint density at radius 1 is 1.12 bits per heavy atom. The molecule has 11 nitrogen and oxygen atoms in total. The summed E-state index contributed by atoms with van der Waals surface area (Å²) >= 11 is 0. The van der Waals surface area contributed by atoms with Gasteiger partial charge in [0.1, 0.15) is 11.8 Å². The van der Waals surface area contributed by atoms with E-state index >= 15 is 0 Å². The van der Waals surface area contributed by atoms with Gasteiger partial charge in [-0.1, -0.05) is 19.1 Å². The number of alkyl carbamates (subject to hydrolysis) is 1. The van der Waals surface area contributed by atoms with Crippen LogP contribution in [-0.2, 0) is 16.0 Å². The first-order valence-electron chi connectivity index (χ1n) is 10.1. The van der Waals surface area contributed by atoms with Crippen molar-refractivity contribution in [3.63, 3.8) is 0 Å². The third kappa shape index (κ3) is 7.73. The fourth-order valence-electron chi connectivity index (χ4n) is 2.89. The van der Waals surface area contributed by atoms with Crippen LogP contribution < -0.4 is 26.4 Å². The van der Waals surface area contributed by atoms with Gasteiger partial charge in [0.2, 0.25) is 0 Å². The second-order valence-electron chi connectivity index (χ2n) is 6.98. The first kappa shape index (κ1) is 25.0. The predicted octanol–water partition coefficient (Wildman–Crippen LogP) is 2.38. The molecule has 2 amide bonds. The second kappa shape index (κ2) is 11.9. The third-order valence-corrected chi connectivity index (χ3v) is 4.40. The number of aliphatic carboxylic acids is 1. The summed E-state index contributed by atoms with van der Waals surface area (Å²) in [5.41, 5.74) is 7.09. The van der Waals surface area contributed by atoms with Gasteiger partial charge in [0.15, 0.2) is 5.96 Å². The summed E-state index contributed by atoms with van der Waals surface area (Å²) in [5, 5.41) is 24.4. The Bertz CT molecular complexity index is 1030. The van der Waals surface area contributed by atoms with Crippen molar-refractivity contribution in [1.82, 2.24) is 5.32 Å². The number of nitrogens with two attached hydrogens (primary N) is 1. The fraction of sp³-hybridized carbons (Fsp3) is 0.273. The maximum atomic E-state index is 12.6. The summed E-state index contributed by atoms with van der Waals surface area (Å²) in [6, 6.07) is 10.0. The van der Waals surface area contributed by atoms with Crippen LogP contribution in [0.4, 0.5) is 16.2 Å². The zero-order chi connectivity index (χ0) is 24.4. The standard InChI is InChI=1S/C22H27N5O6/c1-3-9-33-22(31)27-17(20(29)30)11-13-7-8-16(12-18(13)32-2)25-19(28)14-5-4-6-15(10-14)26-21(23)24/h4-8,10,12,17H,3,9,11H2,1-2H3,(H,25,28)(H,27,31)(H,29,30)(H4,23,24,26)/t17-/m0/s1. The molecule has 0 fully saturated rings. The van der Waals surface area contributed by atoms with Gasteiger partial charge in [-0.3, -0.25) is 10.2 Å². The molecule has 0 aliphatic heterocycles. The maximum absolute atomic E-state index is 12.6. The SMILES string of the molecule is CCCOC(=O)N[C@@H](Cc1ccc(NC(=O)c2cccc(NC(=N)N)c2)cc1OC)C(=O)O. The van der Waals surface area contributed by atoms with E-state index in [-0.39, 0.29) is 19.0 Å². The lowest BCUT2D eigenvalue weighted by atomic mass is 10.0. The molecule has 0 saturated heterocycles. The summed E-state index contributed by atoms with van der Waals surface area (Å²) in [6.07, 6.45) is -0.246. The highest BCUT2D eigenvalue weighted by Crippen LogP contribution is 2.25. The Morgan fingerprint density at radius 2 is 1.85 bits per heavy atom. The van der Waals surface area contributed by atoms with Crippen LogP contribution in [0.5, 0.6) is 5.75 Å². The van der Waals surface area contributed by atoms with Gasteiger partial charge in [0, 0.05) is 29.4 Å². The second-order valence-corrected chi connectivity index (χ2v) is 6.98. The van der Waals surface area contributed by atoms with Crippen molar-refractivity contribution in [2.24, 2.45) is 5.73 Å². The van der Waals surface area contributed by atoms with Gasteiger partial charge in [-0.05, 0) is 36.2 Å². The molecule has 0 spiro atoms. The number of rotatable bonds is 10. The number of carboxylic acids is 1. The minimum Gasteiger partial charge on any atom is -0.496 e. The number of carbonyl (C=O) groups excluding carboxylic acids is 2. The van der Waals surface area contributed by atoms with Crippen molar-refractivity contribution >= 4 is 35.3 Å². The van der Waals surface area contributed by atoms with Crippen LogP contribution in [0.2, 0.25) is 0 Å². The normalized spacial score (nSPS) is 11.1. The van der Waals surface area contributed by atoms with Crippen molar-refractivity contribution in [3.8, 4) is 5.75 Å². The van der Waals surface area contributed by atoms with Crippen LogP contribution in [0.1, 0.15) is 29.3 Å². The summed E-state index contributed by atoms with van der Waals surface area (Å²) in [4.78, 5) is 35.9. The van der Waals surface area contributed by atoms with Gasteiger partial charge < -0.3 is 36.3 Å². The van der Waals surface area contributed by atoms with Gasteiger partial charge in [-0.15, -0.1) is 0 Å². The highest BCUT2D eigenvalue weighted by molar-refractivity contribution is 6.05. The van der Waals surface area contributed by atoms with Crippen molar-refractivity contribution in [3.05, 3.63) is 53.6 Å². The van der Waals surface area contributed by atoms with Crippen LogP contribution in [0, 0.1) is 5.41 Å². The molecule has 0 bridgehead atoms. The molecule has 2 aromatic carbocycles. The molecule has 0 unspecified atom stereocenters. The van der Waals surface area contributed by atoms with E-state index in [1.54, 1.807) is 42.5 Å². The van der Waals surface area contributed by atoms with Gasteiger partial charge in [0.25, 0.3) is 5.91 Å². The Hall–Kier alpha value is -4.28. The number of guanidine groups is 1. The summed E-state index contributed by atoms with van der Waals surface area (Å²) < 4.78 is 10.2. The quantitative estimate of drug-likeness (QED) is 0.233. The number of benzene rings is 2. The van der Waals surface area contributed by atoms with Crippen LogP contribution in [0.25, 0.3) is 0 Å². The lowest BCUT2D eigenvalue weighted by Crippen LogP contribution is -2.42. The lowest BCUT2D eigenvalue weighted by Gasteiger charge is -2.17. The van der Waals surface area contributed by atoms with Gasteiger partial charge >= 0.3 is 12.1 Å². The van der Waals surface area contributed by atoms with Crippen LogP contribution in [0.15, 0.2) is 42.5 Å². The number of carbonyl (C=O) groups is 3. The number of carboxylic acid groups (broad SMARTS) is 1. The summed E-state index contributed by atoms with van der Waals surface area (Å²) in [6.45, 7) is 2.01. The van der Waals surface area contributed by atoms with E-state index < -0.39 is 24.0 Å². The average Bonchev–Trinajstić information content (AvgIpc) is 2.77. The minimum atomic E-state index is -1.22. The van der Waals surface area contributed by atoms with E-state index in [0.29, 0.717) is 34.7 Å². The van der Waals surface area contributed by atoms with Crippen molar-refractivity contribution in [2.75, 3.05) is 24.4 Å². The molecule has 0 heterocycles. The van der Waals surface area contributed by atoms with Gasteiger partial charge in [-0.2, -0.15) is 0 Å². The van der Waals surface area contributed by atoms with Crippen molar-refractivity contribution < 1.29 is 29.0 Å². The molecule has 0 aromatic heterocycles. The maximum Gasteiger partial charge on any atom is 0.407 e. The zero-order valence-corrected chi connectivity index (χ0v) is 18.3. The predicted molar refractivity (Wildman–Crippen MR) is 123 cm³/mol. The van der Waals surface area contributed by atoms with E-state index in [4.69, 9.17) is 20.6 Å². The molecular weight excluding hydrogens is 430 g/mol. The van der Waals surface area contributed by atoms with E-state index in [0.717, 1.165) is 0 Å². The summed E-state index contributed by atoms with van der Waals surface area (Å²) in [5.74, 6) is -1.53. The number of methoxy groups -OCH3 is 1. The molecule has 0 saturated carbocycles. The minimum absolute atomic E-state index is 0.0489. The monoisotopic (exact) mass is 457 g/mol. The highest BCUT2D eigenvalue weighted by Gasteiger charge is 2.23. The number of nitrogens with one attached hydrogen (secondary N) is 4. The molecule has 0 aliphatic carbocycles. The van der Waals surface area contributed by atoms with Crippen molar-refractivity contribution in [1.29, 1.82) is 5.41 Å². The fourth-order valence-corrected chi connectivity index (χ4v) is 2.89. The highest BCUT2D eigenvalue weighted by atomic mass is 16.5. The molecule has 0 aliphatic rings. The average molecular weight is 457 g/mol. The summed E-state index contributed by atoms with van der Waals surface area (Å²) in [7, 11) is 1.42. The molecule has 0 radical (unpaired) electrons. The van der Waals surface area contributed by atoms with Crippen LogP contribution in [-0.4, -0.2) is 48.8 Å². The molecule has 2 aromatic rings. The van der Waals surface area contributed by atoms with E-state index in [1.165, 1.54) is 7.11 Å². The van der Waals surface area contributed by atoms with E-state index in [2.05, 4.69) is 16.0 Å². The third-order valence-electron chi connectivity index (χ3n) is 4.40. The van der Waals surface area contributed by atoms with Crippen LogP contribution >= 0.6 is 0 Å². The largest absolute Gasteiger partial charge is 0.496 e. The smallest absolute Gasteiger partial charge is 0.407 e. The first-order chi connectivity index (χ1) is 15.7. The van der Waals surface area contributed by atoms with Gasteiger partial charge in [-0.25, -0.2) is 9.59 Å². The molecule has 176 valence electrons. The van der Waals surface area contributed by atoms with Gasteiger partial charge in [0.05, 0.1) is 13.7 Å². The number of amides is 2. The molecule has 7 N–H and O–H groups in total. The number of hydrogen-bond donors (Lipinski definition) is 6. The molecule has 1 atom stereocenters. The van der Waals surface area contributed by atoms with E-state index in [1.807, 2.05) is 6.92 Å². The Balaban J connectivity index is 2.13. The Morgan fingerprint density at radius 3 is 2.48 bits per heavy atom. The number of hydrogen-bond acceptors (Lipinski definition) is 6. The van der Waals surface area contributed by atoms with Crippen LogP contribution in [0.3, 0.4) is 0 Å². The van der Waals surface area contributed by atoms with Crippen molar-refractivity contribution in [2.45, 2.75) is 25.8 Å². The Kier molecular flexibility index (Phi) is 9.04. The Labute approximate surface area is 190 Å². The zero-order valence-electron chi connectivity index (χ0n) is 18.3. The molecular formula is C22H27N5O6. The molecule has 33 heavy (non-hydrogen) atoms. The first-order valence-corrected chi connectivity index (χ1v) is 10.1. The number of anilines is 2. The topological polar surface area (TPSA) is 176 Å². The molecule has 11 heteroatoms. The lowest BCUT2D eigenvalue weighted by molar-refractivity contribution is -0.139. The van der Waals surface area contributed by atoms with E-state index in [9.17, 15) is 19.5 Å². The number of ether oxygens (including phenoxy) is 2. The molecule has 2 rings (SSSR count).